The number of carbonyl (C=O) groups is 1. The van der Waals surface area contributed by atoms with Crippen LogP contribution in [-0.4, -0.2) is 17.6 Å². The van der Waals surface area contributed by atoms with E-state index in [9.17, 15) is 4.79 Å². The van der Waals surface area contributed by atoms with Crippen LogP contribution in [-0.2, 0) is 6.54 Å². The molecule has 154 valence electrons. The number of primary amides is 1. The summed E-state index contributed by atoms with van der Waals surface area (Å²) < 4.78 is 8.07. The Bertz CT molecular complexity index is 1170. The molecule has 4 nitrogen and oxygen atoms in total. The summed E-state index contributed by atoms with van der Waals surface area (Å²) in [7, 11) is 1.75. The number of rotatable bonds is 3. The number of methoxy groups -OCH3 is 1. The minimum atomic E-state index is -0.352. The fraction of sp³-hybridized carbons (Fsp3) is 0.423. The lowest BCUT2D eigenvalue weighted by atomic mass is 9.81. The average Bonchev–Trinajstić information content (AvgIpc) is 3.49. The van der Waals surface area contributed by atoms with Crippen LogP contribution < -0.4 is 10.5 Å². The first-order valence-electron chi connectivity index (χ1n) is 11.3. The summed E-state index contributed by atoms with van der Waals surface area (Å²) in [6, 6.07) is 12.7. The maximum atomic E-state index is 11.9. The second-order valence-electron chi connectivity index (χ2n) is 9.36. The molecule has 2 aliphatic carbocycles. The molecule has 2 fully saturated rings. The van der Waals surface area contributed by atoms with Gasteiger partial charge in [0.05, 0.1) is 12.8 Å². The van der Waals surface area contributed by atoms with E-state index in [1.807, 2.05) is 12.1 Å². The third kappa shape index (κ3) is 2.62. The fourth-order valence-corrected chi connectivity index (χ4v) is 6.07. The van der Waals surface area contributed by atoms with Gasteiger partial charge in [0, 0.05) is 28.6 Å². The van der Waals surface area contributed by atoms with Crippen LogP contribution in [0.1, 0.15) is 71.8 Å². The van der Waals surface area contributed by atoms with E-state index in [1.54, 1.807) is 7.11 Å². The smallest absolute Gasteiger partial charge is 0.248 e. The number of nitrogens with zero attached hydrogens (tertiary/aromatic N) is 1. The Labute approximate surface area is 177 Å². The first kappa shape index (κ1) is 18.1. The molecule has 3 aromatic rings. The van der Waals surface area contributed by atoms with Crippen molar-refractivity contribution in [2.45, 2.75) is 56.9 Å². The first-order valence-corrected chi connectivity index (χ1v) is 11.3. The van der Waals surface area contributed by atoms with Gasteiger partial charge >= 0.3 is 0 Å². The number of hydrogen-bond acceptors (Lipinski definition) is 2. The maximum Gasteiger partial charge on any atom is 0.248 e. The molecule has 0 radical (unpaired) electrons. The highest BCUT2D eigenvalue weighted by Crippen LogP contribution is 2.57. The van der Waals surface area contributed by atoms with E-state index in [2.05, 4.69) is 28.8 Å². The van der Waals surface area contributed by atoms with Crippen molar-refractivity contribution in [1.82, 2.24) is 4.57 Å². The average molecular weight is 401 g/mol. The van der Waals surface area contributed by atoms with Crippen molar-refractivity contribution >= 4 is 16.8 Å². The number of amides is 1. The zero-order valence-corrected chi connectivity index (χ0v) is 17.5. The van der Waals surface area contributed by atoms with E-state index in [-0.39, 0.29) is 5.91 Å². The summed E-state index contributed by atoms with van der Waals surface area (Å²) in [5, 5.41) is 1.31. The second kappa shape index (κ2) is 6.63. The normalized spacial score (nSPS) is 22.7. The Morgan fingerprint density at radius 1 is 1.10 bits per heavy atom. The summed E-state index contributed by atoms with van der Waals surface area (Å²) in [5.41, 5.74) is 13.1. The Kier molecular flexibility index (Phi) is 3.99. The van der Waals surface area contributed by atoms with Gasteiger partial charge in [-0.3, -0.25) is 4.79 Å². The van der Waals surface area contributed by atoms with Gasteiger partial charge in [0.1, 0.15) is 5.75 Å². The van der Waals surface area contributed by atoms with Crippen molar-refractivity contribution in [2.24, 2.45) is 11.7 Å². The highest BCUT2D eigenvalue weighted by Gasteiger charge is 2.44. The van der Waals surface area contributed by atoms with Crippen molar-refractivity contribution in [1.29, 1.82) is 0 Å². The van der Waals surface area contributed by atoms with Crippen LogP contribution in [0, 0.1) is 5.92 Å². The number of benzene rings is 2. The molecule has 4 heteroatoms. The van der Waals surface area contributed by atoms with Gasteiger partial charge in [-0.15, -0.1) is 0 Å². The molecule has 6 rings (SSSR count). The van der Waals surface area contributed by atoms with Crippen LogP contribution in [0.25, 0.3) is 22.2 Å². The van der Waals surface area contributed by atoms with Crippen LogP contribution in [0.5, 0.6) is 5.75 Å². The van der Waals surface area contributed by atoms with E-state index in [0.29, 0.717) is 23.3 Å². The molecule has 2 atom stereocenters. The van der Waals surface area contributed by atoms with E-state index in [0.717, 1.165) is 12.3 Å². The minimum Gasteiger partial charge on any atom is -0.497 e. The van der Waals surface area contributed by atoms with Gasteiger partial charge in [-0.1, -0.05) is 25.3 Å². The summed E-state index contributed by atoms with van der Waals surface area (Å²) in [4.78, 5) is 11.9. The van der Waals surface area contributed by atoms with Crippen LogP contribution in [0.4, 0.5) is 0 Å². The number of nitrogens with two attached hydrogens (primary N) is 1. The predicted molar refractivity (Wildman–Crippen MR) is 119 cm³/mol. The van der Waals surface area contributed by atoms with Gasteiger partial charge in [0.15, 0.2) is 0 Å². The highest BCUT2D eigenvalue weighted by molar-refractivity contribution is 6.00. The standard InChI is InChI=1S/C26H28N2O2/c1-30-18-8-10-19-22(13-18)21-11-17(21)14-28-23-12-16(26(27)29)7-9-20(23)24(25(19)28)15-5-3-2-4-6-15/h7-10,12-13,15,17,21H,2-6,11,14H2,1H3,(H2,27,29). The molecule has 0 spiro atoms. The van der Waals surface area contributed by atoms with Gasteiger partial charge in [-0.25, -0.2) is 0 Å². The predicted octanol–water partition coefficient (Wildman–Crippen LogP) is 5.58. The van der Waals surface area contributed by atoms with Crippen LogP contribution in [0.2, 0.25) is 0 Å². The molecule has 2 aromatic carbocycles. The topological polar surface area (TPSA) is 57.2 Å². The third-order valence-electron chi connectivity index (χ3n) is 7.65. The van der Waals surface area contributed by atoms with E-state index in [4.69, 9.17) is 10.5 Å². The van der Waals surface area contributed by atoms with E-state index in [1.165, 1.54) is 71.8 Å². The van der Waals surface area contributed by atoms with Crippen molar-refractivity contribution in [3.63, 3.8) is 0 Å². The molecule has 2 heterocycles. The zero-order valence-electron chi connectivity index (χ0n) is 17.5. The van der Waals surface area contributed by atoms with Gasteiger partial charge in [-0.05, 0) is 78.5 Å². The third-order valence-corrected chi connectivity index (χ3v) is 7.65. The SMILES string of the molecule is COc1ccc2c(c1)C1CC1Cn1c-2c(C2CCCCC2)c2ccc(C(N)=O)cc21. The summed E-state index contributed by atoms with van der Waals surface area (Å²) in [5.74, 6) is 2.45. The lowest BCUT2D eigenvalue weighted by molar-refractivity contribution is 0.100. The molecule has 3 aliphatic rings. The fourth-order valence-electron chi connectivity index (χ4n) is 6.07. The highest BCUT2D eigenvalue weighted by atomic mass is 16.5. The molecule has 1 amide bonds. The molecule has 0 bridgehead atoms. The first-order chi connectivity index (χ1) is 14.7. The van der Waals surface area contributed by atoms with Crippen LogP contribution >= 0.6 is 0 Å². The molecule has 2 N–H and O–H groups in total. The number of carbonyl (C=O) groups excluding carboxylic acids is 1. The quantitative estimate of drug-likeness (QED) is 0.624. The molecule has 2 saturated carbocycles. The molecule has 2 unspecified atom stereocenters. The van der Waals surface area contributed by atoms with E-state index >= 15 is 0 Å². The van der Waals surface area contributed by atoms with Gasteiger partial charge in [-0.2, -0.15) is 0 Å². The largest absolute Gasteiger partial charge is 0.497 e. The summed E-state index contributed by atoms with van der Waals surface area (Å²) >= 11 is 0. The number of aromatic nitrogens is 1. The van der Waals surface area contributed by atoms with Crippen LogP contribution in [0.3, 0.4) is 0 Å². The van der Waals surface area contributed by atoms with Crippen LogP contribution in [0.15, 0.2) is 36.4 Å². The van der Waals surface area contributed by atoms with Crippen molar-refractivity contribution < 1.29 is 9.53 Å². The Morgan fingerprint density at radius 3 is 2.70 bits per heavy atom. The Morgan fingerprint density at radius 2 is 1.93 bits per heavy atom. The Balaban J connectivity index is 1.67. The number of ether oxygens (including phenoxy) is 1. The van der Waals surface area contributed by atoms with Gasteiger partial charge in [0.2, 0.25) is 5.91 Å². The van der Waals surface area contributed by atoms with Crippen molar-refractivity contribution in [2.75, 3.05) is 7.11 Å². The second-order valence-corrected chi connectivity index (χ2v) is 9.36. The number of fused-ring (bicyclic) bond motifs is 7. The molecule has 1 aliphatic heterocycles. The van der Waals surface area contributed by atoms with Gasteiger partial charge in [0.25, 0.3) is 0 Å². The number of hydrogen-bond donors (Lipinski definition) is 1. The molecular formula is C26H28N2O2. The summed E-state index contributed by atoms with van der Waals surface area (Å²) in [6.07, 6.45) is 7.68. The monoisotopic (exact) mass is 400 g/mol. The molecule has 1 aromatic heterocycles. The summed E-state index contributed by atoms with van der Waals surface area (Å²) in [6.45, 7) is 1.02. The Hall–Kier alpha value is -2.75. The van der Waals surface area contributed by atoms with Crippen molar-refractivity contribution in [3.8, 4) is 17.0 Å². The van der Waals surface area contributed by atoms with Gasteiger partial charge < -0.3 is 15.0 Å². The molecule has 30 heavy (non-hydrogen) atoms. The maximum absolute atomic E-state index is 11.9. The lowest BCUT2D eigenvalue weighted by Crippen LogP contribution is -2.11. The zero-order chi connectivity index (χ0) is 20.4. The lowest BCUT2D eigenvalue weighted by Gasteiger charge is -2.24. The molecular weight excluding hydrogens is 372 g/mol. The molecule has 0 saturated heterocycles. The minimum absolute atomic E-state index is 0.352. The van der Waals surface area contributed by atoms with Crippen molar-refractivity contribution in [3.05, 3.63) is 53.1 Å². The van der Waals surface area contributed by atoms with E-state index < -0.39 is 0 Å².